The average Bonchev–Trinajstić information content (AvgIpc) is 2.39. The molecule has 7 heteroatoms. The van der Waals surface area contributed by atoms with Gasteiger partial charge in [-0.05, 0) is 43.9 Å². The van der Waals surface area contributed by atoms with Gasteiger partial charge >= 0.3 is 0 Å². The van der Waals surface area contributed by atoms with E-state index >= 15 is 0 Å². The van der Waals surface area contributed by atoms with E-state index in [0.717, 1.165) is 5.56 Å². The zero-order valence-electron chi connectivity index (χ0n) is 13.7. The molecular formula is C15H25BrN2O3S. The predicted molar refractivity (Wildman–Crippen MR) is 92.7 cm³/mol. The maximum Gasteiger partial charge on any atom is 0.244 e. The third kappa shape index (κ3) is 4.68. The summed E-state index contributed by atoms with van der Waals surface area (Å²) in [6, 6.07) is 3.25. The first-order chi connectivity index (χ1) is 10.0. The van der Waals surface area contributed by atoms with Gasteiger partial charge in [-0.25, -0.2) is 13.1 Å². The second kappa shape index (κ2) is 7.29. The summed E-state index contributed by atoms with van der Waals surface area (Å²) in [6.45, 7) is 7.98. The lowest BCUT2D eigenvalue weighted by molar-refractivity contribution is 0.343. The van der Waals surface area contributed by atoms with Crippen LogP contribution in [-0.2, 0) is 10.0 Å². The zero-order chi connectivity index (χ0) is 17.1. The SMILES string of the molecule is COc1cc(C)c(Br)cc1S(=O)(=O)N[C@](C)(CN)CC(C)C. The van der Waals surface area contributed by atoms with Gasteiger partial charge in [0.1, 0.15) is 10.6 Å². The fraction of sp³-hybridized carbons (Fsp3) is 0.600. The summed E-state index contributed by atoms with van der Waals surface area (Å²) >= 11 is 3.37. The Hall–Kier alpha value is -0.630. The monoisotopic (exact) mass is 392 g/mol. The minimum atomic E-state index is -3.74. The van der Waals surface area contributed by atoms with Crippen molar-refractivity contribution in [3.05, 3.63) is 22.2 Å². The molecule has 0 saturated heterocycles. The van der Waals surface area contributed by atoms with Gasteiger partial charge in [-0.15, -0.1) is 0 Å². The van der Waals surface area contributed by atoms with Crippen molar-refractivity contribution < 1.29 is 13.2 Å². The number of nitrogens with two attached hydrogens (primary N) is 1. The summed E-state index contributed by atoms with van der Waals surface area (Å²) in [5.41, 5.74) is 6.00. The molecule has 0 saturated carbocycles. The van der Waals surface area contributed by atoms with Crippen LogP contribution in [0.25, 0.3) is 0 Å². The molecule has 3 N–H and O–H groups in total. The highest BCUT2D eigenvalue weighted by molar-refractivity contribution is 9.10. The van der Waals surface area contributed by atoms with E-state index in [2.05, 4.69) is 20.7 Å². The van der Waals surface area contributed by atoms with Crippen molar-refractivity contribution in [1.82, 2.24) is 4.72 Å². The lowest BCUT2D eigenvalue weighted by Crippen LogP contribution is -2.52. The van der Waals surface area contributed by atoms with E-state index in [9.17, 15) is 8.42 Å². The maximum absolute atomic E-state index is 12.8. The number of sulfonamides is 1. The minimum Gasteiger partial charge on any atom is -0.495 e. The van der Waals surface area contributed by atoms with Crippen LogP contribution < -0.4 is 15.2 Å². The molecule has 1 aromatic carbocycles. The van der Waals surface area contributed by atoms with Gasteiger partial charge in [0.05, 0.1) is 7.11 Å². The largest absolute Gasteiger partial charge is 0.495 e. The molecule has 5 nitrogen and oxygen atoms in total. The molecular weight excluding hydrogens is 368 g/mol. The predicted octanol–water partition coefficient (Wildman–Crippen LogP) is 2.81. The van der Waals surface area contributed by atoms with Crippen molar-refractivity contribution in [3.63, 3.8) is 0 Å². The number of halogens is 1. The first kappa shape index (κ1) is 19.4. The number of nitrogens with one attached hydrogen (secondary N) is 1. The Morgan fingerprint density at radius 2 is 2.00 bits per heavy atom. The van der Waals surface area contributed by atoms with Crippen molar-refractivity contribution in [2.24, 2.45) is 11.7 Å². The Morgan fingerprint density at radius 1 is 1.41 bits per heavy atom. The summed E-state index contributed by atoms with van der Waals surface area (Å²) in [7, 11) is -2.29. The third-order valence-electron chi connectivity index (χ3n) is 3.42. The second-order valence-corrected chi connectivity index (χ2v) is 8.73. The number of hydrogen-bond donors (Lipinski definition) is 2. The number of rotatable bonds is 7. The third-order valence-corrected chi connectivity index (χ3v) is 5.94. The Bertz CT molecular complexity index is 632. The summed E-state index contributed by atoms with van der Waals surface area (Å²) in [5, 5.41) is 0. The number of hydrogen-bond acceptors (Lipinski definition) is 4. The molecule has 0 aliphatic carbocycles. The number of benzene rings is 1. The highest BCUT2D eigenvalue weighted by atomic mass is 79.9. The Labute approximate surface area is 141 Å². The Balaban J connectivity index is 3.27. The van der Waals surface area contributed by atoms with Gasteiger partial charge in [0, 0.05) is 16.6 Å². The van der Waals surface area contributed by atoms with E-state index < -0.39 is 15.6 Å². The Morgan fingerprint density at radius 3 is 2.45 bits per heavy atom. The van der Waals surface area contributed by atoms with E-state index in [1.54, 1.807) is 12.1 Å². The molecule has 0 heterocycles. The van der Waals surface area contributed by atoms with E-state index in [-0.39, 0.29) is 11.4 Å². The van der Waals surface area contributed by atoms with E-state index in [1.807, 2.05) is 27.7 Å². The van der Waals surface area contributed by atoms with Crippen molar-refractivity contribution in [1.29, 1.82) is 0 Å². The van der Waals surface area contributed by atoms with Crippen molar-refractivity contribution in [2.75, 3.05) is 13.7 Å². The minimum absolute atomic E-state index is 0.107. The molecule has 0 radical (unpaired) electrons. The molecule has 22 heavy (non-hydrogen) atoms. The number of ether oxygens (including phenoxy) is 1. The fourth-order valence-corrected chi connectivity index (χ4v) is 4.55. The maximum atomic E-state index is 12.8. The van der Waals surface area contributed by atoms with Gasteiger partial charge in [-0.3, -0.25) is 0 Å². The van der Waals surface area contributed by atoms with Crippen LogP contribution in [-0.4, -0.2) is 27.6 Å². The molecule has 1 rings (SSSR count). The normalized spacial score (nSPS) is 14.9. The van der Waals surface area contributed by atoms with Crippen LogP contribution in [0.5, 0.6) is 5.75 Å². The lowest BCUT2D eigenvalue weighted by atomic mass is 9.92. The van der Waals surface area contributed by atoms with Gasteiger partial charge in [0.25, 0.3) is 0 Å². The second-order valence-electron chi connectivity index (χ2n) is 6.22. The van der Waals surface area contributed by atoms with Gasteiger partial charge in [0.2, 0.25) is 10.0 Å². The molecule has 0 aromatic heterocycles. The topological polar surface area (TPSA) is 81.4 Å². The van der Waals surface area contributed by atoms with Gasteiger partial charge in [-0.1, -0.05) is 29.8 Å². The molecule has 0 amide bonds. The first-order valence-electron chi connectivity index (χ1n) is 7.13. The molecule has 0 aliphatic heterocycles. The highest BCUT2D eigenvalue weighted by Gasteiger charge is 2.32. The fourth-order valence-electron chi connectivity index (χ4n) is 2.45. The number of aryl methyl sites for hydroxylation is 1. The van der Waals surface area contributed by atoms with Gasteiger partial charge < -0.3 is 10.5 Å². The standard InChI is InChI=1S/C15H25BrN2O3S/c1-10(2)8-15(4,9-17)18-22(19,20)14-7-12(16)11(3)6-13(14)21-5/h6-7,10,18H,8-9,17H2,1-5H3/t15-/m0/s1. The quantitative estimate of drug-likeness (QED) is 0.747. The average molecular weight is 393 g/mol. The van der Waals surface area contributed by atoms with E-state index in [0.29, 0.717) is 22.6 Å². The smallest absolute Gasteiger partial charge is 0.244 e. The van der Waals surface area contributed by atoms with E-state index in [4.69, 9.17) is 10.5 Å². The van der Waals surface area contributed by atoms with Crippen molar-refractivity contribution in [2.45, 2.75) is 44.6 Å². The van der Waals surface area contributed by atoms with Crippen molar-refractivity contribution in [3.8, 4) is 5.75 Å². The van der Waals surface area contributed by atoms with Crippen LogP contribution in [0.2, 0.25) is 0 Å². The lowest BCUT2D eigenvalue weighted by Gasteiger charge is -2.31. The molecule has 0 aliphatic rings. The van der Waals surface area contributed by atoms with Crippen molar-refractivity contribution >= 4 is 26.0 Å². The number of methoxy groups -OCH3 is 1. The summed E-state index contributed by atoms with van der Waals surface area (Å²) < 4.78 is 34.2. The molecule has 0 spiro atoms. The first-order valence-corrected chi connectivity index (χ1v) is 9.40. The highest BCUT2D eigenvalue weighted by Crippen LogP contribution is 2.31. The van der Waals surface area contributed by atoms with Crippen LogP contribution in [0, 0.1) is 12.8 Å². The summed E-state index contributed by atoms with van der Waals surface area (Å²) in [6.07, 6.45) is 0.651. The van der Waals surface area contributed by atoms with Crippen LogP contribution in [0.1, 0.15) is 32.8 Å². The van der Waals surface area contributed by atoms with Gasteiger partial charge in [0.15, 0.2) is 0 Å². The van der Waals surface area contributed by atoms with Crippen LogP contribution in [0.4, 0.5) is 0 Å². The van der Waals surface area contributed by atoms with E-state index in [1.165, 1.54) is 7.11 Å². The molecule has 0 fully saturated rings. The van der Waals surface area contributed by atoms with Crippen LogP contribution in [0.3, 0.4) is 0 Å². The molecule has 0 unspecified atom stereocenters. The molecule has 1 atom stereocenters. The Kier molecular flexibility index (Phi) is 6.44. The molecule has 1 aromatic rings. The summed E-state index contributed by atoms with van der Waals surface area (Å²) in [5.74, 6) is 0.639. The van der Waals surface area contributed by atoms with Crippen LogP contribution in [0.15, 0.2) is 21.5 Å². The molecule has 126 valence electrons. The molecule has 0 bridgehead atoms. The summed E-state index contributed by atoms with van der Waals surface area (Å²) in [4.78, 5) is 0.107. The zero-order valence-corrected chi connectivity index (χ0v) is 16.1. The van der Waals surface area contributed by atoms with Gasteiger partial charge in [-0.2, -0.15) is 0 Å². The van der Waals surface area contributed by atoms with Crippen LogP contribution >= 0.6 is 15.9 Å².